The van der Waals surface area contributed by atoms with Gasteiger partial charge in [-0.25, -0.2) is 9.59 Å². The number of aromatic carboxylic acids is 1. The predicted molar refractivity (Wildman–Crippen MR) is 111 cm³/mol. The van der Waals surface area contributed by atoms with Crippen molar-refractivity contribution in [2.24, 2.45) is 7.05 Å². The smallest absolute Gasteiger partial charge is 0.339 e. The highest BCUT2D eigenvalue weighted by atomic mass is 16.7. The molecule has 1 N–H and O–H groups in total. The van der Waals surface area contributed by atoms with Gasteiger partial charge < -0.3 is 28.6 Å². The Balaban J connectivity index is 1.74. The van der Waals surface area contributed by atoms with Crippen molar-refractivity contribution in [2.75, 3.05) is 46.2 Å². The largest absolute Gasteiger partial charge is 0.478 e. The van der Waals surface area contributed by atoms with E-state index in [-0.39, 0.29) is 19.0 Å². The van der Waals surface area contributed by atoms with Crippen LogP contribution in [0.25, 0.3) is 11.3 Å². The van der Waals surface area contributed by atoms with Crippen molar-refractivity contribution in [2.45, 2.75) is 13.3 Å². The van der Waals surface area contributed by atoms with Crippen molar-refractivity contribution in [3.05, 3.63) is 35.0 Å². The predicted octanol–water partition coefficient (Wildman–Crippen LogP) is 2.17. The van der Waals surface area contributed by atoms with Gasteiger partial charge in [-0.05, 0) is 25.1 Å². The molecule has 2 aliphatic rings. The van der Waals surface area contributed by atoms with Crippen LogP contribution in [-0.2, 0) is 22.9 Å². The second-order valence-corrected chi connectivity index (χ2v) is 7.43. The molecule has 9 heteroatoms. The molecule has 1 aromatic heterocycles. The standard InChI is InChI=1S/C22H26N2O7/c1-3-29-22(27)16-10-18(23(2)17(16)4-5-24-6-8-28-9-7-24)14-11-19-20(31-13-30-19)12-15(14)21(25)26/h10-12H,3-9,13H2,1-2H3,(H,25,26). The summed E-state index contributed by atoms with van der Waals surface area (Å²) in [6.07, 6.45) is 0.623. The molecule has 2 aromatic rings. The molecule has 166 valence electrons. The molecule has 9 nitrogen and oxygen atoms in total. The lowest BCUT2D eigenvalue weighted by Crippen LogP contribution is -2.37. The zero-order valence-corrected chi connectivity index (χ0v) is 17.7. The third kappa shape index (κ3) is 4.24. The van der Waals surface area contributed by atoms with Gasteiger partial charge in [-0.1, -0.05) is 0 Å². The van der Waals surface area contributed by atoms with Crippen LogP contribution in [0.2, 0.25) is 0 Å². The van der Waals surface area contributed by atoms with E-state index in [0.29, 0.717) is 48.0 Å². The summed E-state index contributed by atoms with van der Waals surface area (Å²) in [6, 6.07) is 4.82. The fourth-order valence-electron chi connectivity index (χ4n) is 4.01. The molecule has 1 aromatic carbocycles. The first-order valence-electron chi connectivity index (χ1n) is 10.3. The first-order chi connectivity index (χ1) is 15.0. The Morgan fingerprint density at radius 1 is 1.10 bits per heavy atom. The number of aromatic nitrogens is 1. The molecule has 0 radical (unpaired) electrons. The number of fused-ring (bicyclic) bond motifs is 1. The minimum Gasteiger partial charge on any atom is -0.478 e. The highest BCUT2D eigenvalue weighted by molar-refractivity contribution is 5.99. The third-order valence-electron chi connectivity index (χ3n) is 5.64. The van der Waals surface area contributed by atoms with Gasteiger partial charge in [-0.3, -0.25) is 4.90 Å². The van der Waals surface area contributed by atoms with Gasteiger partial charge in [0.2, 0.25) is 6.79 Å². The number of ether oxygens (including phenoxy) is 4. The van der Waals surface area contributed by atoms with E-state index in [9.17, 15) is 14.7 Å². The maximum absolute atomic E-state index is 12.7. The number of hydrogen-bond acceptors (Lipinski definition) is 7. The molecule has 3 heterocycles. The average molecular weight is 430 g/mol. The first-order valence-corrected chi connectivity index (χ1v) is 10.3. The van der Waals surface area contributed by atoms with Gasteiger partial charge in [0, 0.05) is 50.1 Å². The average Bonchev–Trinajstić information content (AvgIpc) is 3.36. The van der Waals surface area contributed by atoms with E-state index in [2.05, 4.69) is 4.90 Å². The monoisotopic (exact) mass is 430 g/mol. The minimum atomic E-state index is -1.08. The molecule has 1 fully saturated rings. The molecule has 0 atom stereocenters. The zero-order valence-electron chi connectivity index (χ0n) is 17.7. The Labute approximate surface area is 180 Å². The van der Waals surface area contributed by atoms with Gasteiger partial charge >= 0.3 is 11.9 Å². The topological polar surface area (TPSA) is 99.5 Å². The Kier molecular flexibility index (Phi) is 6.15. The van der Waals surface area contributed by atoms with Crippen LogP contribution in [0.1, 0.15) is 33.3 Å². The lowest BCUT2D eigenvalue weighted by atomic mass is 10.0. The molecule has 4 rings (SSSR count). The van der Waals surface area contributed by atoms with E-state index in [1.54, 1.807) is 19.1 Å². The van der Waals surface area contributed by atoms with Gasteiger partial charge in [0.1, 0.15) is 0 Å². The van der Waals surface area contributed by atoms with Crippen LogP contribution in [0.3, 0.4) is 0 Å². The van der Waals surface area contributed by atoms with Crippen molar-refractivity contribution in [1.29, 1.82) is 0 Å². The molecule has 0 saturated carbocycles. The number of benzene rings is 1. The molecule has 0 amide bonds. The lowest BCUT2D eigenvalue weighted by Gasteiger charge is -2.26. The molecule has 2 aliphatic heterocycles. The number of esters is 1. The Bertz CT molecular complexity index is 992. The Morgan fingerprint density at radius 3 is 2.48 bits per heavy atom. The molecule has 31 heavy (non-hydrogen) atoms. The van der Waals surface area contributed by atoms with Crippen molar-refractivity contribution in [1.82, 2.24) is 9.47 Å². The molecular weight excluding hydrogens is 404 g/mol. The fraction of sp³-hybridized carbons (Fsp3) is 0.455. The van der Waals surface area contributed by atoms with Gasteiger partial charge in [0.05, 0.1) is 30.9 Å². The summed E-state index contributed by atoms with van der Waals surface area (Å²) in [4.78, 5) is 26.9. The van der Waals surface area contributed by atoms with Crippen molar-refractivity contribution in [3.8, 4) is 22.8 Å². The van der Waals surface area contributed by atoms with Crippen LogP contribution in [0.5, 0.6) is 11.5 Å². The van der Waals surface area contributed by atoms with Gasteiger partial charge in [0.15, 0.2) is 11.5 Å². The van der Waals surface area contributed by atoms with Crippen LogP contribution in [0, 0.1) is 0 Å². The Hall–Kier alpha value is -3.04. The molecule has 0 bridgehead atoms. The summed E-state index contributed by atoms with van der Waals surface area (Å²) in [6.45, 7) is 5.91. The van der Waals surface area contributed by atoms with Crippen LogP contribution in [-0.4, -0.2) is 72.8 Å². The van der Waals surface area contributed by atoms with Crippen molar-refractivity contribution in [3.63, 3.8) is 0 Å². The number of hydrogen-bond donors (Lipinski definition) is 1. The van der Waals surface area contributed by atoms with Crippen LogP contribution < -0.4 is 9.47 Å². The third-order valence-corrected chi connectivity index (χ3v) is 5.64. The van der Waals surface area contributed by atoms with Gasteiger partial charge in [-0.2, -0.15) is 0 Å². The molecule has 1 saturated heterocycles. The van der Waals surface area contributed by atoms with Crippen LogP contribution in [0.15, 0.2) is 18.2 Å². The maximum atomic E-state index is 12.7. The summed E-state index contributed by atoms with van der Waals surface area (Å²) in [7, 11) is 1.84. The van der Waals surface area contributed by atoms with Crippen LogP contribution >= 0.6 is 0 Å². The fourth-order valence-corrected chi connectivity index (χ4v) is 4.01. The number of rotatable bonds is 7. The lowest BCUT2D eigenvalue weighted by molar-refractivity contribution is 0.0380. The summed E-state index contributed by atoms with van der Waals surface area (Å²) >= 11 is 0. The molecule has 0 spiro atoms. The minimum absolute atomic E-state index is 0.0455. The van der Waals surface area contributed by atoms with E-state index >= 15 is 0 Å². The van der Waals surface area contributed by atoms with Gasteiger partial charge in [0.25, 0.3) is 0 Å². The summed E-state index contributed by atoms with van der Waals surface area (Å²) in [5.41, 5.74) is 2.40. The zero-order chi connectivity index (χ0) is 22.0. The second kappa shape index (κ2) is 8.99. The molecule has 0 aliphatic carbocycles. The highest BCUT2D eigenvalue weighted by Gasteiger charge is 2.27. The number of carbonyl (C=O) groups is 2. The number of carbonyl (C=O) groups excluding carboxylic acids is 1. The molecule has 0 unspecified atom stereocenters. The first kappa shape index (κ1) is 21.2. The number of morpholine rings is 1. The normalized spacial score (nSPS) is 15.8. The number of nitrogens with zero attached hydrogens (tertiary/aromatic N) is 2. The summed E-state index contributed by atoms with van der Waals surface area (Å²) in [5.74, 6) is -0.622. The van der Waals surface area contributed by atoms with E-state index in [0.717, 1.165) is 25.3 Å². The van der Waals surface area contributed by atoms with E-state index < -0.39 is 11.9 Å². The number of carboxylic acids is 1. The highest BCUT2D eigenvalue weighted by Crippen LogP contribution is 2.40. The van der Waals surface area contributed by atoms with E-state index in [1.165, 1.54) is 6.07 Å². The second-order valence-electron chi connectivity index (χ2n) is 7.43. The summed E-state index contributed by atoms with van der Waals surface area (Å²) in [5, 5.41) is 9.78. The number of carboxylic acid groups (broad SMARTS) is 1. The summed E-state index contributed by atoms with van der Waals surface area (Å²) < 4.78 is 23.3. The quantitative estimate of drug-likeness (QED) is 0.668. The van der Waals surface area contributed by atoms with Crippen molar-refractivity contribution >= 4 is 11.9 Å². The van der Waals surface area contributed by atoms with Gasteiger partial charge in [-0.15, -0.1) is 0 Å². The Morgan fingerprint density at radius 2 is 1.81 bits per heavy atom. The SMILES string of the molecule is CCOC(=O)c1cc(-c2cc3c(cc2C(=O)O)OCO3)n(C)c1CCN1CCOCC1. The van der Waals surface area contributed by atoms with Crippen LogP contribution in [0.4, 0.5) is 0 Å². The molecular formula is C22H26N2O7. The van der Waals surface area contributed by atoms with Crippen molar-refractivity contribution < 1.29 is 33.6 Å². The van der Waals surface area contributed by atoms with E-state index in [1.807, 2.05) is 11.6 Å². The van der Waals surface area contributed by atoms with E-state index in [4.69, 9.17) is 18.9 Å². The maximum Gasteiger partial charge on any atom is 0.339 e.